The maximum atomic E-state index is 12.7. The summed E-state index contributed by atoms with van der Waals surface area (Å²) in [5, 5.41) is 6.30. The Hall–Kier alpha value is -2.04. The van der Waals surface area contributed by atoms with Crippen molar-refractivity contribution in [2.75, 3.05) is 24.5 Å². The van der Waals surface area contributed by atoms with Crippen LogP contribution < -0.4 is 15.5 Å². The predicted octanol–water partition coefficient (Wildman–Crippen LogP) is 4.57. The standard InChI is InChI=1S/C21H26F3N5.HI/c1-2-25-20(27-13-16-5-8-18(9-6-16)21(22,23)24)28-15-17-7-10-19(26-14-17)29-11-3-4-12-29;/h5-10,14H,2-4,11-13,15H2,1H3,(H2,25,27,28);1H. The molecule has 5 nitrogen and oxygen atoms in total. The van der Waals surface area contributed by atoms with Gasteiger partial charge in [0.25, 0.3) is 0 Å². The van der Waals surface area contributed by atoms with Crippen LogP contribution in [0.2, 0.25) is 0 Å². The summed E-state index contributed by atoms with van der Waals surface area (Å²) in [7, 11) is 0. The number of anilines is 1. The van der Waals surface area contributed by atoms with Gasteiger partial charge in [0.15, 0.2) is 5.96 Å². The van der Waals surface area contributed by atoms with Crippen LogP contribution in [0.5, 0.6) is 0 Å². The van der Waals surface area contributed by atoms with E-state index in [0.29, 0.717) is 25.6 Å². The summed E-state index contributed by atoms with van der Waals surface area (Å²) in [5.41, 5.74) is 1.10. The van der Waals surface area contributed by atoms with Crippen LogP contribution in [0.3, 0.4) is 0 Å². The van der Waals surface area contributed by atoms with Gasteiger partial charge < -0.3 is 15.5 Å². The minimum atomic E-state index is -4.32. The van der Waals surface area contributed by atoms with Crippen LogP contribution in [-0.4, -0.2) is 30.6 Å². The molecule has 2 aromatic rings. The van der Waals surface area contributed by atoms with Crippen molar-refractivity contribution >= 4 is 35.8 Å². The van der Waals surface area contributed by atoms with Crippen molar-refractivity contribution in [3.05, 3.63) is 59.3 Å². The number of nitrogens with one attached hydrogen (secondary N) is 2. The van der Waals surface area contributed by atoms with E-state index in [0.717, 1.165) is 42.2 Å². The first-order valence-electron chi connectivity index (χ1n) is 9.84. The van der Waals surface area contributed by atoms with Gasteiger partial charge in [-0.15, -0.1) is 24.0 Å². The molecule has 0 unspecified atom stereocenters. The van der Waals surface area contributed by atoms with E-state index in [1.807, 2.05) is 25.3 Å². The highest BCUT2D eigenvalue weighted by atomic mass is 127. The molecule has 1 aliphatic rings. The third-order valence-corrected chi connectivity index (χ3v) is 4.74. The van der Waals surface area contributed by atoms with E-state index in [4.69, 9.17) is 0 Å². The zero-order chi connectivity index (χ0) is 20.7. The minimum Gasteiger partial charge on any atom is -0.357 e. The third-order valence-electron chi connectivity index (χ3n) is 4.74. The van der Waals surface area contributed by atoms with Gasteiger partial charge in [0.2, 0.25) is 0 Å². The highest BCUT2D eigenvalue weighted by Gasteiger charge is 2.29. The lowest BCUT2D eigenvalue weighted by Gasteiger charge is -2.16. The summed E-state index contributed by atoms with van der Waals surface area (Å²) in [4.78, 5) is 11.4. The Bertz CT molecular complexity index is 801. The minimum absolute atomic E-state index is 0. The Morgan fingerprint density at radius 2 is 1.70 bits per heavy atom. The van der Waals surface area contributed by atoms with Gasteiger partial charge in [0.05, 0.1) is 12.1 Å². The van der Waals surface area contributed by atoms with Crippen molar-refractivity contribution in [3.63, 3.8) is 0 Å². The van der Waals surface area contributed by atoms with Crippen molar-refractivity contribution in [1.29, 1.82) is 0 Å². The number of aromatic nitrogens is 1. The van der Waals surface area contributed by atoms with Crippen LogP contribution in [-0.2, 0) is 19.3 Å². The number of pyridine rings is 1. The number of rotatable bonds is 6. The lowest BCUT2D eigenvalue weighted by molar-refractivity contribution is -0.137. The summed E-state index contributed by atoms with van der Waals surface area (Å²) in [6.45, 7) is 5.62. The van der Waals surface area contributed by atoms with Gasteiger partial charge in [-0.1, -0.05) is 18.2 Å². The average molecular weight is 533 g/mol. The van der Waals surface area contributed by atoms with E-state index in [1.165, 1.54) is 25.0 Å². The number of aliphatic imine (C=N–C) groups is 1. The van der Waals surface area contributed by atoms with E-state index < -0.39 is 11.7 Å². The van der Waals surface area contributed by atoms with Gasteiger partial charge in [0, 0.05) is 32.4 Å². The molecular formula is C21H27F3IN5. The maximum Gasteiger partial charge on any atom is 0.416 e. The molecule has 0 aliphatic carbocycles. The van der Waals surface area contributed by atoms with Crippen LogP contribution in [0.4, 0.5) is 19.0 Å². The number of benzene rings is 1. The molecule has 1 aromatic heterocycles. The zero-order valence-electron chi connectivity index (χ0n) is 16.9. The van der Waals surface area contributed by atoms with Crippen molar-refractivity contribution in [2.24, 2.45) is 4.99 Å². The van der Waals surface area contributed by atoms with Gasteiger partial charge in [0.1, 0.15) is 5.82 Å². The van der Waals surface area contributed by atoms with Crippen LogP contribution in [0.25, 0.3) is 0 Å². The first kappa shape index (κ1) is 24.2. The Labute approximate surface area is 192 Å². The molecule has 0 amide bonds. The molecule has 9 heteroatoms. The zero-order valence-corrected chi connectivity index (χ0v) is 19.2. The lowest BCUT2D eigenvalue weighted by Crippen LogP contribution is -2.36. The Morgan fingerprint density at radius 1 is 1.03 bits per heavy atom. The van der Waals surface area contributed by atoms with Gasteiger partial charge in [-0.2, -0.15) is 13.2 Å². The molecule has 2 N–H and O–H groups in total. The Morgan fingerprint density at radius 3 is 2.27 bits per heavy atom. The molecule has 2 heterocycles. The van der Waals surface area contributed by atoms with E-state index in [1.54, 1.807) is 0 Å². The molecular weight excluding hydrogens is 506 g/mol. The topological polar surface area (TPSA) is 52.6 Å². The van der Waals surface area contributed by atoms with Gasteiger partial charge >= 0.3 is 6.18 Å². The molecule has 1 fully saturated rings. The second kappa shape index (κ2) is 11.4. The number of guanidine groups is 1. The van der Waals surface area contributed by atoms with Crippen LogP contribution in [0.1, 0.15) is 36.5 Å². The Kier molecular flexibility index (Phi) is 9.19. The highest BCUT2D eigenvalue weighted by molar-refractivity contribution is 14.0. The fraction of sp³-hybridized carbons (Fsp3) is 0.429. The van der Waals surface area contributed by atoms with Crippen molar-refractivity contribution < 1.29 is 13.2 Å². The summed E-state index contributed by atoms with van der Waals surface area (Å²) in [5.74, 6) is 1.61. The molecule has 164 valence electrons. The molecule has 1 saturated heterocycles. The van der Waals surface area contributed by atoms with E-state index in [9.17, 15) is 13.2 Å². The number of halogens is 4. The maximum absolute atomic E-state index is 12.7. The highest BCUT2D eigenvalue weighted by Crippen LogP contribution is 2.29. The van der Waals surface area contributed by atoms with E-state index in [-0.39, 0.29) is 24.0 Å². The fourth-order valence-corrected chi connectivity index (χ4v) is 3.15. The van der Waals surface area contributed by atoms with Gasteiger partial charge in [-0.3, -0.25) is 0 Å². The second-order valence-electron chi connectivity index (χ2n) is 6.96. The average Bonchev–Trinajstić information content (AvgIpc) is 3.25. The summed E-state index contributed by atoms with van der Waals surface area (Å²) in [6, 6.07) is 9.19. The van der Waals surface area contributed by atoms with Gasteiger partial charge in [-0.25, -0.2) is 9.98 Å². The lowest BCUT2D eigenvalue weighted by atomic mass is 10.1. The number of alkyl halides is 3. The molecule has 0 radical (unpaired) electrons. The third kappa shape index (κ3) is 7.03. The second-order valence-corrected chi connectivity index (χ2v) is 6.96. The van der Waals surface area contributed by atoms with Crippen LogP contribution >= 0.6 is 24.0 Å². The fourth-order valence-electron chi connectivity index (χ4n) is 3.15. The van der Waals surface area contributed by atoms with Crippen molar-refractivity contribution in [3.8, 4) is 0 Å². The van der Waals surface area contributed by atoms with Crippen LogP contribution in [0, 0.1) is 0 Å². The molecule has 0 atom stereocenters. The predicted molar refractivity (Wildman–Crippen MR) is 124 cm³/mol. The summed E-state index contributed by atoms with van der Waals surface area (Å²) >= 11 is 0. The van der Waals surface area contributed by atoms with Gasteiger partial charge in [-0.05, 0) is 49.1 Å². The van der Waals surface area contributed by atoms with E-state index >= 15 is 0 Å². The molecule has 1 aromatic carbocycles. The number of hydrogen-bond acceptors (Lipinski definition) is 3. The van der Waals surface area contributed by atoms with Crippen LogP contribution in [0.15, 0.2) is 47.6 Å². The quantitative estimate of drug-likeness (QED) is 0.325. The first-order valence-corrected chi connectivity index (χ1v) is 9.84. The monoisotopic (exact) mass is 533 g/mol. The molecule has 0 bridgehead atoms. The molecule has 3 rings (SSSR count). The van der Waals surface area contributed by atoms with E-state index in [2.05, 4.69) is 25.5 Å². The molecule has 1 aliphatic heterocycles. The first-order chi connectivity index (χ1) is 14.0. The summed E-state index contributed by atoms with van der Waals surface area (Å²) < 4.78 is 38.0. The molecule has 0 saturated carbocycles. The normalized spacial score (nSPS) is 14.4. The molecule has 30 heavy (non-hydrogen) atoms. The molecule has 0 spiro atoms. The summed E-state index contributed by atoms with van der Waals surface area (Å²) in [6.07, 6.45) is -0.0496. The Balaban J connectivity index is 0.00000320. The largest absolute Gasteiger partial charge is 0.416 e. The number of hydrogen-bond donors (Lipinski definition) is 2. The SMILES string of the molecule is CCNC(=NCc1ccc(N2CCCC2)nc1)NCc1ccc(C(F)(F)F)cc1.I. The number of nitrogens with zero attached hydrogens (tertiary/aromatic N) is 3. The van der Waals surface area contributed by atoms with Crippen molar-refractivity contribution in [2.45, 2.75) is 39.0 Å². The smallest absolute Gasteiger partial charge is 0.357 e. The van der Waals surface area contributed by atoms with Crippen molar-refractivity contribution in [1.82, 2.24) is 15.6 Å².